The van der Waals surface area contributed by atoms with Gasteiger partial charge in [-0.25, -0.2) is 0 Å². The molecule has 1 aliphatic heterocycles. The number of para-hydroxylation sites is 3. The first-order chi connectivity index (χ1) is 29.0. The van der Waals surface area contributed by atoms with Crippen molar-refractivity contribution in [2.24, 2.45) is 0 Å². The van der Waals surface area contributed by atoms with Crippen molar-refractivity contribution in [2.75, 3.05) is 4.90 Å². The van der Waals surface area contributed by atoms with Crippen molar-refractivity contribution < 1.29 is 9.15 Å². The Morgan fingerprint density at radius 3 is 1.85 bits per heavy atom. The lowest BCUT2D eigenvalue weighted by Crippen LogP contribution is -2.32. The zero-order valence-electron chi connectivity index (χ0n) is 32.7. The van der Waals surface area contributed by atoms with Crippen LogP contribution in [0.15, 0.2) is 192 Å². The topological polar surface area (TPSA) is 25.6 Å². The molecule has 3 heteroatoms. The molecule has 0 saturated carbocycles. The van der Waals surface area contributed by atoms with E-state index in [1.807, 2.05) is 6.07 Å². The van der Waals surface area contributed by atoms with Crippen LogP contribution in [0.3, 0.4) is 0 Å². The number of rotatable bonds is 3. The molecule has 278 valence electrons. The van der Waals surface area contributed by atoms with Gasteiger partial charge in [-0.05, 0) is 104 Å². The SMILES string of the molecule is CC1(C)c2ccccc2-c2ccc(N(c3ccc4oc5ccccc5c4c3)c3cccc4c3-c3c(ccc5ccccc35)C43c4ccccc4Oc4ccccc43)cc21. The normalized spacial score (nSPS) is 14.7. The molecule has 1 aromatic heterocycles. The van der Waals surface area contributed by atoms with E-state index in [9.17, 15) is 0 Å². The van der Waals surface area contributed by atoms with E-state index >= 15 is 0 Å². The smallest absolute Gasteiger partial charge is 0.135 e. The summed E-state index contributed by atoms with van der Waals surface area (Å²) in [5.41, 5.74) is 16.9. The Bertz CT molecular complexity index is 3380. The number of benzene rings is 9. The van der Waals surface area contributed by atoms with Gasteiger partial charge in [0.2, 0.25) is 0 Å². The first-order valence-electron chi connectivity index (χ1n) is 20.5. The van der Waals surface area contributed by atoms with Gasteiger partial charge in [0.1, 0.15) is 22.7 Å². The molecular weight excluding hydrogens is 719 g/mol. The average Bonchev–Trinajstić information content (AvgIpc) is 3.88. The van der Waals surface area contributed by atoms with Crippen molar-refractivity contribution in [3.8, 4) is 33.8 Å². The molecule has 0 atom stereocenters. The molecular formula is C56H37NO2. The fraction of sp³-hybridized carbons (Fsp3) is 0.0714. The quantitative estimate of drug-likeness (QED) is 0.180. The minimum Gasteiger partial charge on any atom is -0.457 e. The molecule has 9 aromatic carbocycles. The average molecular weight is 756 g/mol. The summed E-state index contributed by atoms with van der Waals surface area (Å²) in [6, 6.07) is 68.8. The molecule has 0 fully saturated rings. The molecule has 0 saturated heterocycles. The maximum absolute atomic E-state index is 6.74. The van der Waals surface area contributed by atoms with Crippen molar-refractivity contribution in [2.45, 2.75) is 24.7 Å². The minimum atomic E-state index is -0.617. The zero-order chi connectivity index (χ0) is 39.0. The molecule has 2 heterocycles. The maximum atomic E-state index is 6.74. The van der Waals surface area contributed by atoms with Crippen LogP contribution in [0.25, 0.3) is 55.0 Å². The molecule has 1 spiro atoms. The van der Waals surface area contributed by atoms with Gasteiger partial charge in [0.25, 0.3) is 0 Å². The largest absolute Gasteiger partial charge is 0.457 e. The van der Waals surface area contributed by atoms with Gasteiger partial charge in [0, 0.05) is 44.3 Å². The molecule has 0 N–H and O–H groups in total. The lowest BCUT2D eigenvalue weighted by atomic mass is 9.66. The van der Waals surface area contributed by atoms with E-state index in [0.29, 0.717) is 0 Å². The number of fused-ring (bicyclic) bond motifs is 17. The van der Waals surface area contributed by atoms with E-state index in [1.165, 1.54) is 55.3 Å². The van der Waals surface area contributed by atoms with Gasteiger partial charge >= 0.3 is 0 Å². The molecule has 2 aliphatic carbocycles. The molecule has 3 nitrogen and oxygen atoms in total. The molecule has 0 unspecified atom stereocenters. The second kappa shape index (κ2) is 11.6. The van der Waals surface area contributed by atoms with E-state index in [0.717, 1.165) is 61.6 Å². The summed E-state index contributed by atoms with van der Waals surface area (Å²) in [5.74, 6) is 1.77. The standard InChI is InChI=1S/C56H37NO2/c1-55(2)42-18-7-5-16-38(42)39-29-27-36(33-47(39)55)57(35-28-31-50-41(32-35)40-17-6-10-23-49(40)58-50)48-22-13-21-45-54(48)53-37-15-4-3-14-34(37)26-30-46(53)56(45)43-19-8-11-24-51(43)59-52-25-12-9-20-44(52)56/h3-33H,1-2H3. The lowest BCUT2D eigenvalue weighted by Gasteiger charge is -2.39. The van der Waals surface area contributed by atoms with Crippen molar-refractivity contribution in [1.29, 1.82) is 0 Å². The predicted octanol–water partition coefficient (Wildman–Crippen LogP) is 15.0. The number of furan rings is 1. The van der Waals surface area contributed by atoms with Crippen LogP contribution in [0.2, 0.25) is 0 Å². The summed E-state index contributed by atoms with van der Waals surface area (Å²) < 4.78 is 13.1. The summed E-state index contributed by atoms with van der Waals surface area (Å²) >= 11 is 0. The first kappa shape index (κ1) is 32.7. The minimum absolute atomic E-state index is 0.167. The highest BCUT2D eigenvalue weighted by Gasteiger charge is 2.52. The van der Waals surface area contributed by atoms with Gasteiger partial charge in [-0.15, -0.1) is 0 Å². The summed E-state index contributed by atoms with van der Waals surface area (Å²) in [4.78, 5) is 2.50. The highest BCUT2D eigenvalue weighted by molar-refractivity contribution is 6.10. The molecule has 0 bridgehead atoms. The van der Waals surface area contributed by atoms with Gasteiger partial charge in [-0.3, -0.25) is 0 Å². The van der Waals surface area contributed by atoms with Crippen LogP contribution in [0, 0.1) is 0 Å². The van der Waals surface area contributed by atoms with Crippen LogP contribution < -0.4 is 9.64 Å². The summed E-state index contributed by atoms with van der Waals surface area (Å²) in [5, 5.41) is 4.66. The predicted molar refractivity (Wildman–Crippen MR) is 241 cm³/mol. The Labute approximate surface area is 342 Å². The monoisotopic (exact) mass is 755 g/mol. The number of hydrogen-bond acceptors (Lipinski definition) is 3. The summed E-state index contributed by atoms with van der Waals surface area (Å²) in [7, 11) is 0. The number of hydrogen-bond donors (Lipinski definition) is 0. The van der Waals surface area contributed by atoms with E-state index in [1.54, 1.807) is 0 Å². The fourth-order valence-electron chi connectivity index (χ4n) is 11.0. The Morgan fingerprint density at radius 2 is 1.02 bits per heavy atom. The lowest BCUT2D eigenvalue weighted by molar-refractivity contribution is 0.436. The van der Waals surface area contributed by atoms with Crippen LogP contribution in [0.5, 0.6) is 11.5 Å². The third kappa shape index (κ3) is 4.21. The summed E-state index contributed by atoms with van der Waals surface area (Å²) in [6.45, 7) is 4.73. The molecule has 10 aromatic rings. The molecule has 0 radical (unpaired) electrons. The van der Waals surface area contributed by atoms with Crippen molar-refractivity contribution in [1.82, 2.24) is 0 Å². The number of ether oxygens (including phenoxy) is 1. The van der Waals surface area contributed by atoms with Crippen LogP contribution in [-0.4, -0.2) is 0 Å². The zero-order valence-corrected chi connectivity index (χ0v) is 32.7. The second-order valence-corrected chi connectivity index (χ2v) is 16.8. The molecule has 59 heavy (non-hydrogen) atoms. The van der Waals surface area contributed by atoms with Gasteiger partial charge in [0.05, 0.1) is 11.1 Å². The molecule has 0 amide bonds. The van der Waals surface area contributed by atoms with Gasteiger partial charge < -0.3 is 14.1 Å². The highest BCUT2D eigenvalue weighted by Crippen LogP contribution is 2.65. The molecule has 13 rings (SSSR count). The van der Waals surface area contributed by atoms with Crippen molar-refractivity contribution in [3.63, 3.8) is 0 Å². The first-order valence-corrected chi connectivity index (χ1v) is 20.5. The third-order valence-electron chi connectivity index (χ3n) is 13.5. The van der Waals surface area contributed by atoms with E-state index in [2.05, 4.69) is 201 Å². The second-order valence-electron chi connectivity index (χ2n) is 16.8. The van der Waals surface area contributed by atoms with Crippen LogP contribution >= 0.6 is 0 Å². The van der Waals surface area contributed by atoms with Gasteiger partial charge in [-0.1, -0.05) is 147 Å². The Morgan fingerprint density at radius 1 is 0.407 bits per heavy atom. The van der Waals surface area contributed by atoms with E-state index in [4.69, 9.17) is 9.15 Å². The Balaban J connectivity index is 1.16. The Hall–Kier alpha value is -7.36. The van der Waals surface area contributed by atoms with Gasteiger partial charge in [-0.2, -0.15) is 0 Å². The summed E-state index contributed by atoms with van der Waals surface area (Å²) in [6.07, 6.45) is 0. The number of nitrogens with zero attached hydrogens (tertiary/aromatic N) is 1. The van der Waals surface area contributed by atoms with E-state index < -0.39 is 5.41 Å². The third-order valence-corrected chi connectivity index (χ3v) is 13.5. The Kier molecular flexibility index (Phi) is 6.44. The highest BCUT2D eigenvalue weighted by atomic mass is 16.5. The van der Waals surface area contributed by atoms with E-state index in [-0.39, 0.29) is 5.41 Å². The maximum Gasteiger partial charge on any atom is 0.135 e. The van der Waals surface area contributed by atoms with Crippen LogP contribution in [-0.2, 0) is 10.8 Å². The number of anilines is 3. The van der Waals surface area contributed by atoms with Gasteiger partial charge in [0.15, 0.2) is 0 Å². The van der Waals surface area contributed by atoms with Crippen molar-refractivity contribution in [3.05, 3.63) is 221 Å². The molecule has 3 aliphatic rings. The van der Waals surface area contributed by atoms with Crippen LogP contribution in [0.1, 0.15) is 47.2 Å². The fourth-order valence-corrected chi connectivity index (χ4v) is 11.0. The van der Waals surface area contributed by atoms with Crippen LogP contribution in [0.4, 0.5) is 17.1 Å². The van der Waals surface area contributed by atoms with Crippen molar-refractivity contribution >= 4 is 49.8 Å².